The van der Waals surface area contributed by atoms with E-state index in [0.29, 0.717) is 11.6 Å². The molecule has 3 rings (SSSR count). The maximum Gasteiger partial charge on any atom is 0.259 e. The highest BCUT2D eigenvalue weighted by Gasteiger charge is 2.22. The van der Waals surface area contributed by atoms with Crippen LogP contribution >= 0.6 is 11.3 Å². The zero-order valence-corrected chi connectivity index (χ0v) is 11.7. The number of carbonyl (C=O) groups excluding carboxylic acids is 1. The molecule has 0 unspecified atom stereocenters. The minimum atomic E-state index is -0.0693. The zero-order chi connectivity index (χ0) is 13.2. The monoisotopic (exact) mass is 275 g/mol. The number of nitrogens with zero attached hydrogens (tertiary/aromatic N) is 2. The summed E-state index contributed by atoms with van der Waals surface area (Å²) in [6.45, 7) is 1.98. The third-order valence-electron chi connectivity index (χ3n) is 3.74. The Hall–Kier alpha value is -1.62. The largest absolute Gasteiger partial charge is 0.321 e. The molecule has 1 aliphatic rings. The highest BCUT2D eigenvalue weighted by Crippen LogP contribution is 2.30. The zero-order valence-electron chi connectivity index (χ0n) is 10.9. The molecule has 2 aromatic heterocycles. The van der Waals surface area contributed by atoms with Gasteiger partial charge in [-0.05, 0) is 31.2 Å². The number of nitrogens with one attached hydrogen (secondary N) is 1. The summed E-state index contributed by atoms with van der Waals surface area (Å²) >= 11 is 1.57. The number of rotatable bonds is 3. The number of hydrogen-bond acceptors (Lipinski definition) is 3. The van der Waals surface area contributed by atoms with Crippen molar-refractivity contribution in [2.24, 2.45) is 0 Å². The van der Waals surface area contributed by atoms with Gasteiger partial charge in [-0.25, -0.2) is 0 Å². The summed E-state index contributed by atoms with van der Waals surface area (Å²) < 4.78 is 2.02. The van der Waals surface area contributed by atoms with Crippen LogP contribution < -0.4 is 5.32 Å². The second-order valence-electron chi connectivity index (χ2n) is 4.99. The van der Waals surface area contributed by atoms with E-state index >= 15 is 0 Å². The first-order valence-corrected chi connectivity index (χ1v) is 7.57. The normalized spacial score (nSPS) is 15.8. The van der Waals surface area contributed by atoms with Crippen molar-refractivity contribution in [1.82, 2.24) is 9.78 Å². The molecule has 0 spiro atoms. The molecule has 1 saturated carbocycles. The van der Waals surface area contributed by atoms with Crippen LogP contribution in [0.2, 0.25) is 0 Å². The van der Waals surface area contributed by atoms with Gasteiger partial charge in [0, 0.05) is 11.1 Å². The van der Waals surface area contributed by atoms with Gasteiger partial charge in [0.25, 0.3) is 5.91 Å². The van der Waals surface area contributed by atoms with Crippen molar-refractivity contribution >= 4 is 22.9 Å². The fourth-order valence-corrected chi connectivity index (χ4v) is 3.29. The quantitative estimate of drug-likeness (QED) is 0.930. The molecule has 19 heavy (non-hydrogen) atoms. The summed E-state index contributed by atoms with van der Waals surface area (Å²) in [6, 6.07) is 2.38. The first-order valence-electron chi connectivity index (χ1n) is 6.63. The van der Waals surface area contributed by atoms with E-state index in [9.17, 15) is 4.79 Å². The lowest BCUT2D eigenvalue weighted by molar-refractivity contribution is 0.102. The maximum atomic E-state index is 12.2. The van der Waals surface area contributed by atoms with E-state index < -0.39 is 0 Å². The lowest BCUT2D eigenvalue weighted by Gasteiger charge is -2.12. The van der Waals surface area contributed by atoms with Crippen LogP contribution in [0.1, 0.15) is 47.8 Å². The third-order valence-corrected chi connectivity index (χ3v) is 4.42. The molecular formula is C14H17N3OS. The van der Waals surface area contributed by atoms with Crippen molar-refractivity contribution in [2.75, 3.05) is 5.32 Å². The first kappa shape index (κ1) is 12.4. The van der Waals surface area contributed by atoms with Crippen LogP contribution in [-0.2, 0) is 0 Å². The third kappa shape index (κ3) is 2.42. The van der Waals surface area contributed by atoms with Crippen molar-refractivity contribution in [1.29, 1.82) is 0 Å². The van der Waals surface area contributed by atoms with Crippen molar-refractivity contribution in [3.63, 3.8) is 0 Å². The highest BCUT2D eigenvalue weighted by molar-refractivity contribution is 7.08. The van der Waals surface area contributed by atoms with Gasteiger partial charge in [-0.2, -0.15) is 16.4 Å². The molecule has 0 atom stereocenters. The molecule has 5 heteroatoms. The van der Waals surface area contributed by atoms with Gasteiger partial charge < -0.3 is 5.32 Å². The second-order valence-corrected chi connectivity index (χ2v) is 5.77. The molecule has 0 aromatic carbocycles. The van der Waals surface area contributed by atoms with Gasteiger partial charge in [0.1, 0.15) is 0 Å². The van der Waals surface area contributed by atoms with Crippen molar-refractivity contribution in [2.45, 2.75) is 38.6 Å². The van der Waals surface area contributed by atoms with E-state index in [4.69, 9.17) is 0 Å². The van der Waals surface area contributed by atoms with E-state index in [0.717, 1.165) is 11.4 Å². The minimum absolute atomic E-state index is 0.0693. The van der Waals surface area contributed by atoms with Crippen LogP contribution in [0.5, 0.6) is 0 Å². The Morgan fingerprint density at radius 3 is 2.95 bits per heavy atom. The number of carbonyl (C=O) groups is 1. The number of anilines is 1. The lowest BCUT2D eigenvalue weighted by atomic mass is 10.2. The molecule has 1 fully saturated rings. The Morgan fingerprint density at radius 2 is 2.26 bits per heavy atom. The first-order chi connectivity index (χ1) is 9.25. The molecule has 0 aliphatic heterocycles. The van der Waals surface area contributed by atoms with Crippen LogP contribution in [0.15, 0.2) is 23.0 Å². The summed E-state index contributed by atoms with van der Waals surface area (Å²) in [6.07, 6.45) is 6.57. The number of amides is 1. The van der Waals surface area contributed by atoms with Crippen LogP contribution in [-0.4, -0.2) is 15.7 Å². The second kappa shape index (κ2) is 5.17. The molecule has 4 nitrogen and oxygen atoms in total. The van der Waals surface area contributed by atoms with E-state index in [1.165, 1.54) is 25.7 Å². The Labute approximate surface area is 116 Å². The van der Waals surface area contributed by atoms with E-state index in [1.807, 2.05) is 28.4 Å². The summed E-state index contributed by atoms with van der Waals surface area (Å²) in [4.78, 5) is 12.2. The predicted octanol–water partition coefficient (Wildman–Crippen LogP) is 3.62. The van der Waals surface area contributed by atoms with Crippen molar-refractivity contribution in [3.05, 3.63) is 34.3 Å². The molecule has 1 aliphatic carbocycles. The average molecular weight is 275 g/mol. The van der Waals surface area contributed by atoms with Gasteiger partial charge >= 0.3 is 0 Å². The van der Waals surface area contributed by atoms with Crippen LogP contribution in [0.3, 0.4) is 0 Å². The van der Waals surface area contributed by atoms with E-state index in [-0.39, 0.29) is 5.91 Å². The van der Waals surface area contributed by atoms with Gasteiger partial charge in [0.05, 0.1) is 23.5 Å². The molecule has 1 N–H and O–H groups in total. The summed E-state index contributed by atoms with van der Waals surface area (Å²) in [5.41, 5.74) is 2.50. The fraction of sp³-hybridized carbons (Fsp3) is 0.429. The Balaban J connectivity index is 1.79. The smallest absolute Gasteiger partial charge is 0.259 e. The van der Waals surface area contributed by atoms with Gasteiger partial charge in [-0.15, -0.1) is 0 Å². The van der Waals surface area contributed by atoms with Gasteiger partial charge in [0.2, 0.25) is 0 Å². The molecule has 2 aromatic rings. The van der Waals surface area contributed by atoms with Crippen molar-refractivity contribution < 1.29 is 4.79 Å². The summed E-state index contributed by atoms with van der Waals surface area (Å²) in [5, 5.41) is 11.2. The van der Waals surface area contributed by atoms with E-state index in [1.54, 1.807) is 17.5 Å². The molecule has 100 valence electrons. The molecule has 0 bridgehead atoms. The molecule has 0 saturated heterocycles. The number of aromatic nitrogens is 2. The van der Waals surface area contributed by atoms with E-state index in [2.05, 4.69) is 10.4 Å². The topological polar surface area (TPSA) is 46.9 Å². The lowest BCUT2D eigenvalue weighted by Crippen LogP contribution is -2.14. The summed E-state index contributed by atoms with van der Waals surface area (Å²) in [5.74, 6) is -0.0693. The van der Waals surface area contributed by atoms with Gasteiger partial charge in [-0.3, -0.25) is 9.48 Å². The minimum Gasteiger partial charge on any atom is -0.321 e. The molecule has 2 heterocycles. The molecule has 1 amide bonds. The van der Waals surface area contributed by atoms with Crippen LogP contribution in [0, 0.1) is 6.92 Å². The molecule has 0 radical (unpaired) electrons. The predicted molar refractivity (Wildman–Crippen MR) is 76.7 cm³/mol. The van der Waals surface area contributed by atoms with Gasteiger partial charge in [0.15, 0.2) is 0 Å². The Kier molecular flexibility index (Phi) is 3.38. The standard InChI is InChI=1S/C14H17N3OS/c1-10-13(14(18)16-11-6-7-19-9-11)8-15-17(10)12-4-2-3-5-12/h6-9,12H,2-5H2,1H3,(H,16,18). The number of hydrogen-bond donors (Lipinski definition) is 1. The molecular weight excluding hydrogens is 258 g/mol. The van der Waals surface area contributed by atoms with Crippen LogP contribution in [0.25, 0.3) is 0 Å². The Morgan fingerprint density at radius 1 is 1.47 bits per heavy atom. The number of thiophene rings is 1. The summed E-state index contributed by atoms with van der Waals surface area (Å²) in [7, 11) is 0. The van der Waals surface area contributed by atoms with Gasteiger partial charge in [-0.1, -0.05) is 12.8 Å². The highest BCUT2D eigenvalue weighted by atomic mass is 32.1. The fourth-order valence-electron chi connectivity index (χ4n) is 2.70. The maximum absolute atomic E-state index is 12.2. The van der Waals surface area contributed by atoms with Crippen LogP contribution in [0.4, 0.5) is 5.69 Å². The average Bonchev–Trinajstić information content (AvgIpc) is 3.08. The SMILES string of the molecule is Cc1c(C(=O)Nc2ccsc2)cnn1C1CCCC1. The van der Waals surface area contributed by atoms with Crippen molar-refractivity contribution in [3.8, 4) is 0 Å². The Bertz CT molecular complexity index is 568.